The molecule has 0 unspecified atom stereocenters. The molecule has 7 heteroatoms. The van der Waals surface area contributed by atoms with Gasteiger partial charge in [0.15, 0.2) is 6.61 Å². The van der Waals surface area contributed by atoms with Gasteiger partial charge in [0.25, 0.3) is 5.91 Å². The van der Waals surface area contributed by atoms with Crippen LogP contribution in [-0.4, -0.2) is 29.5 Å². The summed E-state index contributed by atoms with van der Waals surface area (Å²) < 4.78 is 5.22. The standard InChI is InChI=1S/C19H24N2O3S2/c1-13-17(26-18(20-13)15-10-7-11-25-15)19(23)24-12-16(22)21-14-8-5-3-2-4-6-9-14/h7,10-11,14H,2-6,8-9,12H2,1H3,(H,21,22). The minimum atomic E-state index is -0.476. The first-order valence-corrected chi connectivity index (χ1v) is 10.8. The summed E-state index contributed by atoms with van der Waals surface area (Å²) in [6.07, 6.45) is 8.08. The van der Waals surface area contributed by atoms with Gasteiger partial charge >= 0.3 is 5.97 Å². The normalized spacial score (nSPS) is 15.9. The molecule has 1 saturated carbocycles. The maximum Gasteiger partial charge on any atom is 0.350 e. The molecule has 1 fully saturated rings. The zero-order valence-corrected chi connectivity index (χ0v) is 16.6. The monoisotopic (exact) mass is 392 g/mol. The number of rotatable bonds is 5. The Labute approximate surface area is 161 Å². The third-order valence-electron chi connectivity index (χ3n) is 4.52. The van der Waals surface area contributed by atoms with Gasteiger partial charge in [0.2, 0.25) is 0 Å². The van der Waals surface area contributed by atoms with Crippen LogP contribution < -0.4 is 5.32 Å². The number of hydrogen-bond donors (Lipinski definition) is 1. The number of hydrogen-bond acceptors (Lipinski definition) is 6. The highest BCUT2D eigenvalue weighted by Crippen LogP contribution is 2.31. The van der Waals surface area contributed by atoms with Crippen molar-refractivity contribution in [2.24, 2.45) is 0 Å². The fraction of sp³-hybridized carbons (Fsp3) is 0.526. The van der Waals surface area contributed by atoms with E-state index in [1.54, 1.807) is 18.3 Å². The summed E-state index contributed by atoms with van der Waals surface area (Å²) in [6, 6.07) is 4.13. The molecule has 0 aromatic carbocycles. The van der Waals surface area contributed by atoms with Crippen LogP contribution >= 0.6 is 22.7 Å². The first kappa shape index (κ1) is 19.0. The van der Waals surface area contributed by atoms with Gasteiger partial charge < -0.3 is 10.1 Å². The highest BCUT2D eigenvalue weighted by Gasteiger charge is 2.20. The van der Waals surface area contributed by atoms with Gasteiger partial charge in [0, 0.05) is 6.04 Å². The van der Waals surface area contributed by atoms with Gasteiger partial charge in [0.05, 0.1) is 10.6 Å². The molecule has 1 amide bonds. The van der Waals surface area contributed by atoms with E-state index in [4.69, 9.17) is 4.74 Å². The van der Waals surface area contributed by atoms with E-state index in [1.165, 1.54) is 30.6 Å². The molecule has 140 valence electrons. The third-order valence-corrected chi connectivity index (χ3v) is 6.70. The lowest BCUT2D eigenvalue weighted by Crippen LogP contribution is -2.38. The summed E-state index contributed by atoms with van der Waals surface area (Å²) in [5.74, 6) is -0.694. The molecule has 3 rings (SSSR count). The smallest absolute Gasteiger partial charge is 0.350 e. The largest absolute Gasteiger partial charge is 0.451 e. The van der Waals surface area contributed by atoms with Crippen LogP contribution in [-0.2, 0) is 9.53 Å². The van der Waals surface area contributed by atoms with Gasteiger partial charge in [-0.1, -0.05) is 38.2 Å². The maximum atomic E-state index is 12.3. The number of carbonyl (C=O) groups is 2. The van der Waals surface area contributed by atoms with Crippen molar-refractivity contribution in [1.82, 2.24) is 10.3 Å². The molecule has 1 aliphatic rings. The second-order valence-corrected chi connectivity index (χ2v) is 8.54. The van der Waals surface area contributed by atoms with Gasteiger partial charge in [-0.25, -0.2) is 9.78 Å². The van der Waals surface area contributed by atoms with Gasteiger partial charge in [0.1, 0.15) is 9.88 Å². The molecule has 0 saturated heterocycles. The number of aromatic nitrogens is 1. The Morgan fingerprint density at radius 2 is 1.96 bits per heavy atom. The van der Waals surface area contributed by atoms with E-state index in [2.05, 4.69) is 10.3 Å². The molecule has 0 aliphatic heterocycles. The van der Waals surface area contributed by atoms with Gasteiger partial charge in [-0.05, 0) is 31.2 Å². The Morgan fingerprint density at radius 3 is 2.65 bits per heavy atom. The molecule has 2 aromatic heterocycles. The SMILES string of the molecule is Cc1nc(-c2cccs2)sc1C(=O)OCC(=O)NC1CCCCCCC1. The minimum Gasteiger partial charge on any atom is -0.451 e. The van der Waals surface area contributed by atoms with E-state index >= 15 is 0 Å². The molecule has 1 N–H and O–H groups in total. The fourth-order valence-corrected chi connectivity index (χ4v) is 4.91. The molecule has 2 aromatic rings. The van der Waals surface area contributed by atoms with Crippen LogP contribution in [0.15, 0.2) is 17.5 Å². The Morgan fingerprint density at radius 1 is 1.23 bits per heavy atom. The molecule has 0 spiro atoms. The quantitative estimate of drug-likeness (QED) is 0.757. The third kappa shape index (κ3) is 5.14. The van der Waals surface area contributed by atoms with Crippen LogP contribution in [0.4, 0.5) is 0 Å². The van der Waals surface area contributed by atoms with E-state index in [1.807, 2.05) is 17.5 Å². The number of nitrogens with one attached hydrogen (secondary N) is 1. The lowest BCUT2D eigenvalue weighted by molar-refractivity contribution is -0.125. The molecular weight excluding hydrogens is 368 g/mol. The predicted octanol–water partition coefficient (Wildman–Crippen LogP) is 4.57. The van der Waals surface area contributed by atoms with Gasteiger partial charge in [-0.2, -0.15) is 0 Å². The first-order valence-electron chi connectivity index (χ1n) is 9.11. The Kier molecular flexibility index (Phi) is 6.80. The lowest BCUT2D eigenvalue weighted by atomic mass is 9.97. The van der Waals surface area contributed by atoms with Crippen molar-refractivity contribution in [2.75, 3.05) is 6.61 Å². The van der Waals surface area contributed by atoms with Crippen LogP contribution in [0, 0.1) is 6.92 Å². The number of ether oxygens (including phenoxy) is 1. The van der Waals surface area contributed by atoms with Crippen molar-refractivity contribution >= 4 is 34.6 Å². The summed E-state index contributed by atoms with van der Waals surface area (Å²) in [5.41, 5.74) is 0.642. The second-order valence-electron chi connectivity index (χ2n) is 6.60. The number of esters is 1. The van der Waals surface area contributed by atoms with Crippen LogP contribution in [0.2, 0.25) is 0 Å². The molecular formula is C19H24N2O3S2. The zero-order chi connectivity index (χ0) is 18.4. The molecule has 0 bridgehead atoms. The Bertz CT molecular complexity index is 732. The van der Waals surface area contributed by atoms with Crippen molar-refractivity contribution in [2.45, 2.75) is 57.9 Å². The summed E-state index contributed by atoms with van der Waals surface area (Å²) in [7, 11) is 0. The predicted molar refractivity (Wildman–Crippen MR) is 105 cm³/mol. The zero-order valence-electron chi connectivity index (χ0n) is 15.0. The average Bonchev–Trinajstić information content (AvgIpc) is 3.24. The number of carbonyl (C=O) groups excluding carboxylic acids is 2. The van der Waals surface area contributed by atoms with Crippen molar-refractivity contribution in [1.29, 1.82) is 0 Å². The van der Waals surface area contributed by atoms with E-state index in [-0.39, 0.29) is 18.6 Å². The molecule has 0 atom stereocenters. The van der Waals surface area contributed by atoms with Gasteiger partial charge in [-0.3, -0.25) is 4.79 Å². The maximum absolute atomic E-state index is 12.3. The number of nitrogens with zero attached hydrogens (tertiary/aromatic N) is 1. The molecule has 1 aliphatic carbocycles. The van der Waals surface area contributed by atoms with Crippen LogP contribution in [0.25, 0.3) is 9.88 Å². The summed E-state index contributed by atoms with van der Waals surface area (Å²) in [4.78, 5) is 30.4. The van der Waals surface area contributed by atoms with Gasteiger partial charge in [-0.15, -0.1) is 22.7 Å². The summed E-state index contributed by atoms with van der Waals surface area (Å²) in [5, 5.41) is 5.79. The first-order chi connectivity index (χ1) is 12.6. The van der Waals surface area contributed by atoms with Crippen LogP contribution in [0.1, 0.15) is 60.3 Å². The topological polar surface area (TPSA) is 68.3 Å². The number of aryl methyl sites for hydroxylation is 1. The van der Waals surface area contributed by atoms with E-state index in [9.17, 15) is 9.59 Å². The molecule has 2 heterocycles. The Hall–Kier alpha value is -1.73. The Balaban J connectivity index is 1.51. The highest BCUT2D eigenvalue weighted by molar-refractivity contribution is 7.22. The van der Waals surface area contributed by atoms with Crippen LogP contribution in [0.3, 0.4) is 0 Å². The second kappa shape index (κ2) is 9.28. The molecule has 0 radical (unpaired) electrons. The number of thiophene rings is 1. The van der Waals surface area contributed by atoms with Crippen molar-refractivity contribution in [3.63, 3.8) is 0 Å². The van der Waals surface area contributed by atoms with E-state index in [0.29, 0.717) is 10.6 Å². The van der Waals surface area contributed by atoms with Crippen molar-refractivity contribution in [3.05, 3.63) is 28.1 Å². The number of amides is 1. The van der Waals surface area contributed by atoms with E-state index in [0.717, 1.165) is 35.6 Å². The summed E-state index contributed by atoms with van der Waals surface area (Å²) in [6.45, 7) is 1.56. The highest BCUT2D eigenvalue weighted by atomic mass is 32.1. The lowest BCUT2D eigenvalue weighted by Gasteiger charge is -2.20. The van der Waals surface area contributed by atoms with Crippen molar-refractivity contribution in [3.8, 4) is 9.88 Å². The van der Waals surface area contributed by atoms with Crippen molar-refractivity contribution < 1.29 is 14.3 Å². The molecule has 5 nitrogen and oxygen atoms in total. The summed E-state index contributed by atoms with van der Waals surface area (Å²) >= 11 is 2.89. The van der Waals surface area contributed by atoms with E-state index < -0.39 is 5.97 Å². The van der Waals surface area contributed by atoms with Crippen LogP contribution in [0.5, 0.6) is 0 Å². The fourth-order valence-electron chi connectivity index (χ4n) is 3.16. The number of thiazole rings is 1. The molecule has 26 heavy (non-hydrogen) atoms. The average molecular weight is 393 g/mol. The minimum absolute atomic E-state index is 0.206.